The van der Waals surface area contributed by atoms with E-state index in [0.717, 1.165) is 31.4 Å². The lowest BCUT2D eigenvalue weighted by atomic mass is 9.54. The van der Waals surface area contributed by atoms with Gasteiger partial charge in [-0.2, -0.15) is 5.26 Å². The summed E-state index contributed by atoms with van der Waals surface area (Å²) in [6, 6.07) is 19.2. The maximum atomic E-state index is 10.00. The number of fused-ring (bicyclic) bond motifs is 3. The predicted octanol–water partition coefficient (Wildman–Crippen LogP) is 5.23. The third-order valence-corrected chi connectivity index (χ3v) is 7.14. The largest absolute Gasteiger partial charge is 0.489 e. The normalized spacial score (nSPS) is 28.7. The molecule has 0 radical (unpaired) electrons. The second-order valence-corrected chi connectivity index (χ2v) is 8.76. The van der Waals surface area contributed by atoms with E-state index in [9.17, 15) is 10.4 Å². The Labute approximate surface area is 168 Å². The van der Waals surface area contributed by atoms with Gasteiger partial charge in [0.05, 0.1) is 6.07 Å². The molecule has 2 aromatic carbocycles. The molecule has 28 heavy (non-hydrogen) atoms. The van der Waals surface area contributed by atoms with E-state index in [1.54, 1.807) is 0 Å². The Hall–Kier alpha value is -2.31. The summed E-state index contributed by atoms with van der Waals surface area (Å²) in [5, 5.41) is 19.4. The summed E-state index contributed by atoms with van der Waals surface area (Å²) in [6.45, 7) is 2.94. The number of rotatable bonds is 5. The van der Waals surface area contributed by atoms with Gasteiger partial charge in [-0.3, -0.25) is 0 Å². The van der Waals surface area contributed by atoms with Crippen LogP contribution in [0.15, 0.2) is 48.5 Å². The first-order chi connectivity index (χ1) is 13.6. The monoisotopic (exact) mass is 375 g/mol. The lowest BCUT2D eigenvalue weighted by Crippen LogP contribution is -2.44. The third-order valence-electron chi connectivity index (χ3n) is 7.14. The fourth-order valence-corrected chi connectivity index (χ4v) is 5.48. The topological polar surface area (TPSA) is 53.2 Å². The van der Waals surface area contributed by atoms with Crippen LogP contribution in [0.4, 0.5) is 0 Å². The molecule has 0 saturated heterocycles. The number of benzene rings is 2. The van der Waals surface area contributed by atoms with Gasteiger partial charge < -0.3 is 9.84 Å². The Morgan fingerprint density at radius 2 is 2.00 bits per heavy atom. The maximum absolute atomic E-state index is 10.00. The van der Waals surface area contributed by atoms with Crippen LogP contribution in [-0.4, -0.2) is 11.7 Å². The van der Waals surface area contributed by atoms with Crippen molar-refractivity contribution in [2.75, 3.05) is 6.61 Å². The standard InChI is InChI=1S/C25H29NO2/c1-25(17-27)13-11-22-21-10-8-20(28-16-18-5-3-2-4-6-18)15-19(21)7-9-23(22)24(25)12-14-26/h2-6,8,10,15,22-24,27H,7,9,11-13,16-17H2,1H3/t22?,23?,24?,25-/m1/s1. The zero-order valence-corrected chi connectivity index (χ0v) is 16.6. The van der Waals surface area contributed by atoms with Gasteiger partial charge in [-0.25, -0.2) is 0 Å². The molecular formula is C25H29NO2. The van der Waals surface area contributed by atoms with Crippen molar-refractivity contribution in [2.45, 2.75) is 51.6 Å². The van der Waals surface area contributed by atoms with Crippen molar-refractivity contribution in [3.05, 3.63) is 65.2 Å². The van der Waals surface area contributed by atoms with Crippen LogP contribution < -0.4 is 4.74 Å². The Morgan fingerprint density at radius 3 is 2.75 bits per heavy atom. The lowest BCUT2D eigenvalue weighted by molar-refractivity contribution is -0.0106. The molecule has 1 fully saturated rings. The van der Waals surface area contributed by atoms with Crippen LogP contribution >= 0.6 is 0 Å². The fourth-order valence-electron chi connectivity index (χ4n) is 5.48. The molecule has 3 unspecified atom stereocenters. The average molecular weight is 376 g/mol. The lowest BCUT2D eigenvalue weighted by Gasteiger charge is -2.50. The zero-order valence-electron chi connectivity index (χ0n) is 16.6. The first-order valence-electron chi connectivity index (χ1n) is 10.4. The third kappa shape index (κ3) is 3.54. The highest BCUT2D eigenvalue weighted by atomic mass is 16.5. The Kier molecular flexibility index (Phi) is 5.42. The molecule has 0 bridgehead atoms. The number of aryl methyl sites for hydroxylation is 1. The van der Waals surface area contributed by atoms with E-state index in [4.69, 9.17) is 4.74 Å². The molecule has 2 aliphatic rings. The Balaban J connectivity index is 1.53. The molecule has 0 heterocycles. The quantitative estimate of drug-likeness (QED) is 0.778. The number of aliphatic hydroxyl groups is 1. The van der Waals surface area contributed by atoms with Crippen LogP contribution in [0.1, 0.15) is 55.2 Å². The van der Waals surface area contributed by atoms with Crippen LogP contribution in [0.3, 0.4) is 0 Å². The van der Waals surface area contributed by atoms with Crippen LogP contribution in [-0.2, 0) is 13.0 Å². The molecule has 4 atom stereocenters. The second kappa shape index (κ2) is 7.97. The van der Waals surface area contributed by atoms with E-state index in [2.05, 4.69) is 43.3 Å². The van der Waals surface area contributed by atoms with Gasteiger partial charge in [0.25, 0.3) is 0 Å². The van der Waals surface area contributed by atoms with E-state index in [-0.39, 0.29) is 17.9 Å². The van der Waals surface area contributed by atoms with E-state index in [0.29, 0.717) is 24.9 Å². The SMILES string of the molecule is C[C@]1(CO)CCC2c3ccc(OCc4ccccc4)cc3CCC2C1CC#N. The Bertz CT molecular complexity index is 857. The smallest absolute Gasteiger partial charge is 0.120 e. The van der Waals surface area contributed by atoms with Gasteiger partial charge in [-0.05, 0) is 77.7 Å². The summed E-state index contributed by atoms with van der Waals surface area (Å²) < 4.78 is 6.03. The van der Waals surface area contributed by atoms with Gasteiger partial charge in [0.15, 0.2) is 0 Å². The van der Waals surface area contributed by atoms with Crippen molar-refractivity contribution < 1.29 is 9.84 Å². The molecule has 4 rings (SSSR count). The molecule has 3 heteroatoms. The minimum atomic E-state index is -0.118. The van der Waals surface area contributed by atoms with Crippen LogP contribution in [0.25, 0.3) is 0 Å². The molecule has 0 aromatic heterocycles. The summed E-state index contributed by atoms with van der Waals surface area (Å²) in [7, 11) is 0. The zero-order chi connectivity index (χ0) is 19.6. The predicted molar refractivity (Wildman–Crippen MR) is 110 cm³/mol. The fraction of sp³-hybridized carbons (Fsp3) is 0.480. The molecule has 2 aliphatic carbocycles. The highest BCUT2D eigenvalue weighted by molar-refractivity contribution is 5.40. The van der Waals surface area contributed by atoms with Crippen LogP contribution in [0.5, 0.6) is 5.75 Å². The minimum absolute atomic E-state index is 0.118. The van der Waals surface area contributed by atoms with Crippen LogP contribution in [0.2, 0.25) is 0 Å². The van der Waals surface area contributed by atoms with Crippen LogP contribution in [0, 0.1) is 28.6 Å². The molecular weight excluding hydrogens is 346 g/mol. The first kappa shape index (κ1) is 19.0. The summed E-state index contributed by atoms with van der Waals surface area (Å²) >= 11 is 0. The second-order valence-electron chi connectivity index (χ2n) is 8.76. The van der Waals surface area contributed by atoms with Gasteiger partial charge in [0.1, 0.15) is 12.4 Å². The van der Waals surface area contributed by atoms with Gasteiger partial charge >= 0.3 is 0 Å². The summed E-state index contributed by atoms with van der Waals surface area (Å²) in [4.78, 5) is 0. The van der Waals surface area contributed by atoms with E-state index in [1.165, 1.54) is 16.7 Å². The molecule has 3 nitrogen and oxygen atoms in total. The van der Waals surface area contributed by atoms with Crippen molar-refractivity contribution in [1.82, 2.24) is 0 Å². The minimum Gasteiger partial charge on any atom is -0.489 e. The Morgan fingerprint density at radius 1 is 1.18 bits per heavy atom. The molecule has 2 aromatic rings. The average Bonchev–Trinajstić information content (AvgIpc) is 2.74. The van der Waals surface area contributed by atoms with E-state index in [1.807, 2.05) is 18.2 Å². The highest BCUT2D eigenvalue weighted by Gasteiger charge is 2.47. The highest BCUT2D eigenvalue weighted by Crippen LogP contribution is 2.55. The van der Waals surface area contributed by atoms with E-state index < -0.39 is 0 Å². The maximum Gasteiger partial charge on any atom is 0.120 e. The van der Waals surface area contributed by atoms with Crippen molar-refractivity contribution in [2.24, 2.45) is 17.3 Å². The molecule has 1 saturated carbocycles. The van der Waals surface area contributed by atoms with Crippen molar-refractivity contribution >= 4 is 0 Å². The molecule has 0 amide bonds. The molecule has 146 valence electrons. The van der Waals surface area contributed by atoms with Crippen molar-refractivity contribution in [3.63, 3.8) is 0 Å². The number of aliphatic hydroxyl groups excluding tert-OH is 1. The van der Waals surface area contributed by atoms with Gasteiger partial charge in [0.2, 0.25) is 0 Å². The number of nitrogens with zero attached hydrogens (tertiary/aromatic N) is 1. The first-order valence-corrected chi connectivity index (χ1v) is 10.4. The summed E-state index contributed by atoms with van der Waals surface area (Å²) in [5.74, 6) is 2.22. The van der Waals surface area contributed by atoms with Gasteiger partial charge in [-0.1, -0.05) is 43.3 Å². The van der Waals surface area contributed by atoms with Gasteiger partial charge in [-0.15, -0.1) is 0 Å². The number of ether oxygens (including phenoxy) is 1. The number of hydrogen-bond donors (Lipinski definition) is 1. The number of hydrogen-bond acceptors (Lipinski definition) is 3. The molecule has 0 spiro atoms. The van der Waals surface area contributed by atoms with Crippen molar-refractivity contribution in [3.8, 4) is 11.8 Å². The van der Waals surface area contributed by atoms with Gasteiger partial charge in [0, 0.05) is 13.0 Å². The summed E-state index contributed by atoms with van der Waals surface area (Å²) in [5.41, 5.74) is 3.89. The van der Waals surface area contributed by atoms with Crippen molar-refractivity contribution in [1.29, 1.82) is 5.26 Å². The summed E-state index contributed by atoms with van der Waals surface area (Å²) in [6.07, 6.45) is 4.76. The molecule has 0 aliphatic heterocycles. The molecule has 1 N–H and O–H groups in total. The number of nitriles is 1. The van der Waals surface area contributed by atoms with E-state index >= 15 is 0 Å².